The summed E-state index contributed by atoms with van der Waals surface area (Å²) in [5, 5.41) is 20.9. The molecule has 2 N–H and O–H groups in total. The predicted molar refractivity (Wildman–Crippen MR) is 103 cm³/mol. The molecule has 1 amide bonds. The Balaban J connectivity index is 1.56. The number of carbonyl (C=O) groups is 1. The molecule has 0 bridgehead atoms. The van der Waals surface area contributed by atoms with Crippen LogP contribution in [-0.4, -0.2) is 35.6 Å². The lowest BCUT2D eigenvalue weighted by Gasteiger charge is -2.17. The van der Waals surface area contributed by atoms with Gasteiger partial charge in [0.2, 0.25) is 0 Å². The number of aromatic nitrogens is 5. The van der Waals surface area contributed by atoms with Crippen molar-refractivity contribution in [2.45, 2.75) is 44.5 Å². The highest BCUT2D eigenvalue weighted by Crippen LogP contribution is 2.32. The zero-order valence-corrected chi connectivity index (χ0v) is 17.1. The summed E-state index contributed by atoms with van der Waals surface area (Å²) in [6.07, 6.45) is -0.0453. The number of hydrogen-bond acceptors (Lipinski definition) is 5. The van der Waals surface area contributed by atoms with E-state index in [1.165, 1.54) is 7.05 Å². The number of amides is 1. The van der Waals surface area contributed by atoms with Crippen LogP contribution in [0.25, 0.3) is 5.69 Å². The highest BCUT2D eigenvalue weighted by molar-refractivity contribution is 5.93. The number of nitrogens with one attached hydrogen (secondary N) is 1. The second-order valence-corrected chi connectivity index (χ2v) is 8.03. The Morgan fingerprint density at radius 2 is 1.97 bits per heavy atom. The fourth-order valence-corrected chi connectivity index (χ4v) is 3.57. The van der Waals surface area contributed by atoms with Gasteiger partial charge in [-0.05, 0) is 38.8 Å². The molecule has 4 rings (SSSR count). The van der Waals surface area contributed by atoms with E-state index in [1.54, 1.807) is 43.1 Å². The number of halogens is 3. The van der Waals surface area contributed by atoms with Crippen LogP contribution in [0.4, 0.5) is 13.2 Å². The highest BCUT2D eigenvalue weighted by atomic mass is 19.4. The second kappa shape index (κ2) is 7.19. The van der Waals surface area contributed by atoms with E-state index >= 15 is 0 Å². The zero-order chi connectivity index (χ0) is 22.6. The number of rotatable bonds is 4. The minimum absolute atomic E-state index is 0.169. The van der Waals surface area contributed by atoms with Crippen LogP contribution < -0.4 is 5.32 Å². The number of aryl methyl sites for hydroxylation is 2. The summed E-state index contributed by atoms with van der Waals surface area (Å²) in [6.45, 7) is 3.27. The first-order chi connectivity index (χ1) is 14.4. The molecular formula is C20H21F3N6O2. The molecule has 1 atom stereocenters. The summed E-state index contributed by atoms with van der Waals surface area (Å²) in [4.78, 5) is 16.8. The number of hydrogen-bond donors (Lipinski definition) is 2. The molecule has 3 aromatic rings. The Morgan fingerprint density at radius 3 is 2.61 bits per heavy atom. The summed E-state index contributed by atoms with van der Waals surface area (Å²) in [5.41, 5.74) is 0.398. The van der Waals surface area contributed by atoms with Crippen molar-refractivity contribution in [3.63, 3.8) is 0 Å². The molecule has 3 heterocycles. The van der Waals surface area contributed by atoms with Crippen LogP contribution in [0.5, 0.6) is 0 Å². The molecule has 1 aliphatic rings. The molecule has 0 unspecified atom stereocenters. The van der Waals surface area contributed by atoms with Gasteiger partial charge in [-0.2, -0.15) is 23.4 Å². The maximum Gasteiger partial charge on any atom is 0.435 e. The lowest BCUT2D eigenvalue weighted by molar-refractivity contribution is -0.141. The lowest BCUT2D eigenvalue weighted by Crippen LogP contribution is -2.28. The van der Waals surface area contributed by atoms with E-state index in [4.69, 9.17) is 0 Å². The van der Waals surface area contributed by atoms with Gasteiger partial charge in [0, 0.05) is 31.1 Å². The third-order valence-corrected chi connectivity index (χ3v) is 5.21. The molecule has 0 spiro atoms. The lowest BCUT2D eigenvalue weighted by atomic mass is 10.0. The Hall–Kier alpha value is -3.21. The predicted octanol–water partition coefficient (Wildman–Crippen LogP) is 2.66. The van der Waals surface area contributed by atoms with E-state index in [0.29, 0.717) is 24.2 Å². The highest BCUT2D eigenvalue weighted by Gasteiger charge is 2.36. The molecule has 3 aromatic heterocycles. The number of aliphatic hydroxyl groups is 1. The van der Waals surface area contributed by atoms with Crippen molar-refractivity contribution in [3.05, 3.63) is 58.9 Å². The van der Waals surface area contributed by atoms with E-state index in [0.717, 1.165) is 22.0 Å². The summed E-state index contributed by atoms with van der Waals surface area (Å²) in [5.74, 6) is -0.635. The maximum atomic E-state index is 12.9. The van der Waals surface area contributed by atoms with E-state index in [-0.39, 0.29) is 11.7 Å². The Kier molecular flexibility index (Phi) is 4.88. The van der Waals surface area contributed by atoms with Gasteiger partial charge in [0.15, 0.2) is 5.69 Å². The SMILES string of the molecule is Cn1nc(C(F)(F)F)cc1C(=O)N[C@@H]1CCc2nn(-c3ccnc(C(C)(C)O)c3)cc21. The molecule has 0 saturated heterocycles. The van der Waals surface area contributed by atoms with Crippen molar-refractivity contribution in [1.82, 2.24) is 29.9 Å². The molecule has 0 aliphatic heterocycles. The monoisotopic (exact) mass is 434 g/mol. The summed E-state index contributed by atoms with van der Waals surface area (Å²) >= 11 is 0. The molecule has 1 aliphatic carbocycles. The fourth-order valence-electron chi connectivity index (χ4n) is 3.57. The van der Waals surface area contributed by atoms with Crippen molar-refractivity contribution < 1.29 is 23.1 Å². The van der Waals surface area contributed by atoms with Crippen LogP contribution in [0.3, 0.4) is 0 Å². The standard InChI is InChI=1S/C20H21F3N6O2/c1-19(2,31)16-8-11(6-7-24-16)29-10-12-13(4-5-14(12)26-29)25-18(30)15-9-17(20(21,22)23)27-28(15)3/h6-10,13,31H,4-5H2,1-3H3,(H,25,30)/t13-/m1/s1. The molecule has 11 heteroatoms. The number of nitrogens with zero attached hydrogens (tertiary/aromatic N) is 5. The summed E-state index contributed by atoms with van der Waals surface area (Å²) in [7, 11) is 1.30. The van der Waals surface area contributed by atoms with Gasteiger partial charge < -0.3 is 10.4 Å². The molecule has 0 radical (unpaired) electrons. The van der Waals surface area contributed by atoms with Gasteiger partial charge >= 0.3 is 6.18 Å². The van der Waals surface area contributed by atoms with Crippen molar-refractivity contribution in [3.8, 4) is 5.69 Å². The molecule has 0 fully saturated rings. The Morgan fingerprint density at radius 1 is 1.23 bits per heavy atom. The number of carbonyl (C=O) groups excluding carboxylic acids is 1. The second-order valence-electron chi connectivity index (χ2n) is 8.03. The third-order valence-electron chi connectivity index (χ3n) is 5.21. The normalized spacial score (nSPS) is 16.4. The summed E-state index contributed by atoms with van der Waals surface area (Å²) in [6, 6.07) is 3.84. The number of fused-ring (bicyclic) bond motifs is 1. The zero-order valence-electron chi connectivity index (χ0n) is 17.1. The quantitative estimate of drug-likeness (QED) is 0.658. The van der Waals surface area contributed by atoms with Gasteiger partial charge in [-0.15, -0.1) is 0 Å². The van der Waals surface area contributed by atoms with Crippen molar-refractivity contribution in [1.29, 1.82) is 0 Å². The van der Waals surface area contributed by atoms with Crippen molar-refractivity contribution >= 4 is 5.91 Å². The number of alkyl halides is 3. The van der Waals surface area contributed by atoms with E-state index in [9.17, 15) is 23.1 Å². The average Bonchev–Trinajstić information content (AvgIpc) is 3.36. The van der Waals surface area contributed by atoms with Crippen LogP contribution >= 0.6 is 0 Å². The van der Waals surface area contributed by atoms with Crippen molar-refractivity contribution in [2.24, 2.45) is 7.05 Å². The van der Waals surface area contributed by atoms with Crippen LogP contribution in [0, 0.1) is 0 Å². The molecule has 0 saturated carbocycles. The van der Waals surface area contributed by atoms with Gasteiger partial charge in [0.1, 0.15) is 11.3 Å². The minimum atomic E-state index is -4.62. The minimum Gasteiger partial charge on any atom is -0.384 e. The van der Waals surface area contributed by atoms with E-state index < -0.39 is 23.4 Å². The summed E-state index contributed by atoms with van der Waals surface area (Å²) < 4.78 is 41.2. The van der Waals surface area contributed by atoms with Crippen LogP contribution in [0.15, 0.2) is 30.6 Å². The molecular weight excluding hydrogens is 413 g/mol. The Bertz CT molecular complexity index is 1140. The van der Waals surface area contributed by atoms with Gasteiger partial charge in [-0.1, -0.05) is 0 Å². The topological polar surface area (TPSA) is 97.9 Å². The first kappa shape index (κ1) is 21.0. The fraction of sp³-hybridized carbons (Fsp3) is 0.400. The van der Waals surface area contributed by atoms with Crippen LogP contribution in [0.2, 0.25) is 0 Å². The smallest absolute Gasteiger partial charge is 0.384 e. The first-order valence-corrected chi connectivity index (χ1v) is 9.63. The third kappa shape index (κ3) is 4.05. The molecule has 31 heavy (non-hydrogen) atoms. The Labute approximate surface area is 175 Å². The van der Waals surface area contributed by atoms with Crippen LogP contribution in [-0.2, 0) is 25.2 Å². The average molecular weight is 434 g/mol. The number of pyridine rings is 1. The van der Waals surface area contributed by atoms with E-state index in [2.05, 4.69) is 20.5 Å². The first-order valence-electron chi connectivity index (χ1n) is 9.63. The van der Waals surface area contributed by atoms with E-state index in [1.807, 2.05) is 0 Å². The molecule has 0 aromatic carbocycles. The van der Waals surface area contributed by atoms with Gasteiger partial charge in [0.25, 0.3) is 5.91 Å². The van der Waals surface area contributed by atoms with Gasteiger partial charge in [-0.25, -0.2) is 4.68 Å². The van der Waals surface area contributed by atoms with Crippen LogP contribution in [0.1, 0.15) is 59.4 Å². The van der Waals surface area contributed by atoms with Gasteiger partial charge in [0.05, 0.1) is 23.1 Å². The maximum absolute atomic E-state index is 12.9. The molecule has 164 valence electrons. The molecule has 8 nitrogen and oxygen atoms in total. The largest absolute Gasteiger partial charge is 0.435 e. The van der Waals surface area contributed by atoms with Gasteiger partial charge in [-0.3, -0.25) is 14.5 Å². The van der Waals surface area contributed by atoms with Crippen molar-refractivity contribution in [2.75, 3.05) is 0 Å².